The maximum absolute atomic E-state index is 10.8. The molecule has 0 bridgehead atoms. The average Bonchev–Trinajstić information content (AvgIpc) is 2.04. The Labute approximate surface area is 76.0 Å². The number of piperidine rings is 1. The van der Waals surface area contributed by atoms with Crippen LogP contribution in [0.5, 0.6) is 0 Å². The second-order valence-electron chi connectivity index (χ2n) is 3.67. The fourth-order valence-electron chi connectivity index (χ4n) is 1.58. The van der Waals surface area contributed by atoms with Crippen molar-refractivity contribution in [3.05, 3.63) is 0 Å². The first-order chi connectivity index (χ1) is 5.96. The molecule has 0 saturated carbocycles. The minimum atomic E-state index is -1.04. The molecule has 0 aliphatic carbocycles. The van der Waals surface area contributed by atoms with Crippen molar-refractivity contribution in [3.63, 3.8) is 0 Å². The zero-order valence-electron chi connectivity index (χ0n) is 7.49. The molecule has 0 unspecified atom stereocenters. The lowest BCUT2D eigenvalue weighted by atomic mass is 9.82. The summed E-state index contributed by atoms with van der Waals surface area (Å²) >= 11 is 0. The van der Waals surface area contributed by atoms with Crippen molar-refractivity contribution in [1.82, 2.24) is 4.90 Å². The van der Waals surface area contributed by atoms with Gasteiger partial charge in [-0.25, -0.2) is 4.79 Å². The van der Waals surface area contributed by atoms with Crippen molar-refractivity contribution in [2.24, 2.45) is 5.41 Å². The summed E-state index contributed by atoms with van der Waals surface area (Å²) in [5.74, 6) is -0.918. The Kier molecular flexibility index (Phi) is 2.45. The molecule has 1 fully saturated rings. The van der Waals surface area contributed by atoms with Gasteiger partial charge in [-0.2, -0.15) is 0 Å². The number of rotatable bonds is 1. The first-order valence-electron chi connectivity index (χ1n) is 4.17. The summed E-state index contributed by atoms with van der Waals surface area (Å²) in [6.07, 6.45) is 0.133. The lowest BCUT2D eigenvalue weighted by Gasteiger charge is -2.35. The lowest BCUT2D eigenvalue weighted by Crippen LogP contribution is -2.47. The van der Waals surface area contributed by atoms with Crippen molar-refractivity contribution in [2.75, 3.05) is 13.1 Å². The van der Waals surface area contributed by atoms with Crippen molar-refractivity contribution >= 4 is 12.1 Å². The van der Waals surface area contributed by atoms with E-state index in [1.807, 2.05) is 0 Å². The average molecular weight is 187 g/mol. The molecule has 5 heteroatoms. The Balaban J connectivity index is 2.71. The van der Waals surface area contributed by atoms with Crippen LogP contribution >= 0.6 is 0 Å². The summed E-state index contributed by atoms with van der Waals surface area (Å²) in [5.41, 5.74) is -0.906. The Bertz CT molecular complexity index is 240. The van der Waals surface area contributed by atoms with E-state index < -0.39 is 17.5 Å². The van der Waals surface area contributed by atoms with Gasteiger partial charge in [0.2, 0.25) is 0 Å². The molecular weight excluding hydrogens is 174 g/mol. The second kappa shape index (κ2) is 3.24. The number of hydrogen-bond acceptors (Lipinski definition) is 2. The first-order valence-corrected chi connectivity index (χ1v) is 4.17. The highest BCUT2D eigenvalue weighted by Crippen LogP contribution is 2.29. The van der Waals surface area contributed by atoms with Crippen molar-refractivity contribution < 1.29 is 19.8 Å². The van der Waals surface area contributed by atoms with Crippen LogP contribution in [0, 0.1) is 5.41 Å². The van der Waals surface area contributed by atoms with Gasteiger partial charge < -0.3 is 15.1 Å². The Morgan fingerprint density at radius 3 is 2.46 bits per heavy atom. The van der Waals surface area contributed by atoms with Crippen LogP contribution < -0.4 is 0 Å². The van der Waals surface area contributed by atoms with E-state index in [0.29, 0.717) is 19.4 Å². The molecule has 74 valence electrons. The van der Waals surface area contributed by atoms with E-state index >= 15 is 0 Å². The minimum Gasteiger partial charge on any atom is -0.481 e. The highest BCUT2D eigenvalue weighted by Gasteiger charge is 2.39. The van der Waals surface area contributed by atoms with Gasteiger partial charge in [-0.1, -0.05) is 0 Å². The topological polar surface area (TPSA) is 77.8 Å². The van der Waals surface area contributed by atoms with Gasteiger partial charge in [0.1, 0.15) is 0 Å². The van der Waals surface area contributed by atoms with E-state index in [1.54, 1.807) is 6.92 Å². The molecule has 1 atom stereocenters. The number of likely N-dealkylation sites (tertiary alicyclic amines) is 1. The number of carboxylic acid groups (broad SMARTS) is 2. The number of hydrogen-bond donors (Lipinski definition) is 2. The molecule has 2 N–H and O–H groups in total. The molecule has 0 aromatic heterocycles. The zero-order chi connectivity index (χ0) is 10.1. The predicted molar refractivity (Wildman–Crippen MR) is 44.6 cm³/mol. The third-order valence-electron chi connectivity index (χ3n) is 2.48. The molecule has 1 amide bonds. The fourth-order valence-corrected chi connectivity index (χ4v) is 1.58. The largest absolute Gasteiger partial charge is 0.481 e. The lowest BCUT2D eigenvalue weighted by molar-refractivity contribution is -0.150. The highest BCUT2D eigenvalue weighted by atomic mass is 16.4. The molecule has 5 nitrogen and oxygen atoms in total. The van der Waals surface area contributed by atoms with Gasteiger partial charge in [-0.15, -0.1) is 0 Å². The second-order valence-corrected chi connectivity index (χ2v) is 3.67. The Morgan fingerprint density at radius 1 is 1.38 bits per heavy atom. The van der Waals surface area contributed by atoms with Crippen LogP contribution in [-0.4, -0.2) is 40.3 Å². The number of carbonyl (C=O) groups is 2. The van der Waals surface area contributed by atoms with Crippen LogP contribution in [-0.2, 0) is 4.79 Å². The molecule has 1 aliphatic heterocycles. The molecule has 0 aromatic carbocycles. The van der Waals surface area contributed by atoms with E-state index in [-0.39, 0.29) is 6.54 Å². The standard InChI is InChI=1S/C8H13NO4/c1-8(6(10)11)3-2-4-9(5-8)7(12)13/h2-5H2,1H3,(H,10,11)(H,12,13)/t8-/m0/s1. The smallest absolute Gasteiger partial charge is 0.407 e. The summed E-state index contributed by atoms with van der Waals surface area (Å²) in [6, 6.07) is 0. The van der Waals surface area contributed by atoms with Crippen LogP contribution in [0.2, 0.25) is 0 Å². The van der Waals surface area contributed by atoms with Gasteiger partial charge in [0.25, 0.3) is 0 Å². The summed E-state index contributed by atoms with van der Waals surface area (Å²) < 4.78 is 0. The van der Waals surface area contributed by atoms with Gasteiger partial charge in [0.05, 0.1) is 5.41 Å². The molecule has 1 saturated heterocycles. The molecule has 0 aromatic rings. The maximum Gasteiger partial charge on any atom is 0.407 e. The van der Waals surface area contributed by atoms with Crippen LogP contribution in [0.1, 0.15) is 19.8 Å². The van der Waals surface area contributed by atoms with E-state index in [9.17, 15) is 9.59 Å². The summed E-state index contributed by atoms with van der Waals surface area (Å²) in [7, 11) is 0. The first kappa shape index (κ1) is 9.83. The van der Waals surface area contributed by atoms with Gasteiger partial charge in [0, 0.05) is 13.1 Å². The van der Waals surface area contributed by atoms with E-state index in [0.717, 1.165) is 4.90 Å². The minimum absolute atomic E-state index is 0.0949. The number of nitrogens with zero attached hydrogens (tertiary/aromatic N) is 1. The van der Waals surface area contributed by atoms with Crippen LogP contribution in [0.3, 0.4) is 0 Å². The quantitative estimate of drug-likeness (QED) is 0.638. The monoisotopic (exact) mass is 187 g/mol. The number of carboxylic acids is 1. The van der Waals surface area contributed by atoms with E-state index in [1.165, 1.54) is 0 Å². The maximum atomic E-state index is 10.8. The molecule has 0 radical (unpaired) electrons. The van der Waals surface area contributed by atoms with E-state index in [2.05, 4.69) is 0 Å². The third kappa shape index (κ3) is 1.91. The highest BCUT2D eigenvalue weighted by molar-refractivity contribution is 5.76. The summed E-state index contributed by atoms with van der Waals surface area (Å²) in [5, 5.41) is 17.6. The normalized spacial score (nSPS) is 28.5. The summed E-state index contributed by atoms with van der Waals surface area (Å²) in [4.78, 5) is 22.6. The van der Waals surface area contributed by atoms with Gasteiger partial charge in [-0.05, 0) is 19.8 Å². The molecule has 1 aliphatic rings. The SMILES string of the molecule is C[C@]1(C(=O)O)CCCN(C(=O)O)C1. The van der Waals surface area contributed by atoms with Crippen LogP contribution in [0.15, 0.2) is 0 Å². The molecule has 13 heavy (non-hydrogen) atoms. The molecule has 1 rings (SSSR count). The predicted octanol–water partition coefficient (Wildman–Crippen LogP) is 0.851. The van der Waals surface area contributed by atoms with E-state index in [4.69, 9.17) is 10.2 Å². The summed E-state index contributed by atoms with van der Waals surface area (Å²) in [6.45, 7) is 2.13. The van der Waals surface area contributed by atoms with Gasteiger partial charge >= 0.3 is 12.1 Å². The number of amides is 1. The molecular formula is C8H13NO4. The molecule has 0 spiro atoms. The van der Waals surface area contributed by atoms with Gasteiger partial charge in [-0.3, -0.25) is 4.79 Å². The Hall–Kier alpha value is -1.26. The fraction of sp³-hybridized carbons (Fsp3) is 0.750. The Morgan fingerprint density at radius 2 is 2.00 bits per heavy atom. The van der Waals surface area contributed by atoms with Crippen molar-refractivity contribution in [1.29, 1.82) is 0 Å². The van der Waals surface area contributed by atoms with Crippen molar-refractivity contribution in [3.8, 4) is 0 Å². The van der Waals surface area contributed by atoms with Gasteiger partial charge in [0.15, 0.2) is 0 Å². The third-order valence-corrected chi connectivity index (χ3v) is 2.48. The van der Waals surface area contributed by atoms with Crippen LogP contribution in [0.4, 0.5) is 4.79 Å². The van der Waals surface area contributed by atoms with Crippen LogP contribution in [0.25, 0.3) is 0 Å². The molecule has 1 heterocycles. The zero-order valence-corrected chi connectivity index (χ0v) is 7.49. The van der Waals surface area contributed by atoms with Crippen molar-refractivity contribution in [2.45, 2.75) is 19.8 Å². The number of aliphatic carboxylic acids is 1.